The molecule has 15 heavy (non-hydrogen) atoms. The molecule has 0 heterocycles. The van der Waals surface area contributed by atoms with E-state index >= 15 is 0 Å². The van der Waals surface area contributed by atoms with Gasteiger partial charge in [0.15, 0.2) is 23.3 Å². The minimum atomic E-state index is -1.41. The number of benzene rings is 1. The van der Waals surface area contributed by atoms with E-state index in [0.29, 0.717) is 0 Å². The lowest BCUT2D eigenvalue weighted by Gasteiger charge is -2.24. The van der Waals surface area contributed by atoms with Crippen molar-refractivity contribution in [2.24, 2.45) is 5.73 Å². The van der Waals surface area contributed by atoms with E-state index < -0.39 is 34.2 Å². The van der Waals surface area contributed by atoms with E-state index in [2.05, 4.69) is 0 Å². The second kappa shape index (κ2) is 3.81. The molecule has 0 aliphatic heterocycles. The fourth-order valence-electron chi connectivity index (χ4n) is 1.27. The van der Waals surface area contributed by atoms with Crippen LogP contribution in [0.15, 0.2) is 6.07 Å². The molecule has 0 unspecified atom stereocenters. The Morgan fingerprint density at radius 2 is 1.47 bits per heavy atom. The minimum absolute atomic E-state index is 0.121. The van der Waals surface area contributed by atoms with Crippen molar-refractivity contribution in [3.05, 3.63) is 34.9 Å². The fraction of sp³-hybridized carbons (Fsp3) is 0.400. The maximum atomic E-state index is 13.3. The quantitative estimate of drug-likeness (QED) is 0.602. The van der Waals surface area contributed by atoms with Gasteiger partial charge in [0.05, 0.1) is 0 Å². The fourth-order valence-corrected chi connectivity index (χ4v) is 1.27. The van der Waals surface area contributed by atoms with Crippen LogP contribution >= 0.6 is 0 Å². The monoisotopic (exact) mass is 221 g/mol. The summed E-state index contributed by atoms with van der Waals surface area (Å²) in [5, 5.41) is 0. The first-order valence-electron chi connectivity index (χ1n) is 4.35. The molecule has 0 atom stereocenters. The van der Waals surface area contributed by atoms with Crippen LogP contribution in [0.5, 0.6) is 0 Å². The lowest BCUT2D eigenvalue weighted by molar-refractivity contribution is 0.395. The molecule has 1 rings (SSSR count). The standard InChI is InChI=1S/C10H11F4N/c1-10(2,4-15)7-8(13)5(11)3-6(12)9(7)14/h3H,4,15H2,1-2H3. The molecule has 2 N–H and O–H groups in total. The molecule has 5 heteroatoms. The number of rotatable bonds is 2. The van der Waals surface area contributed by atoms with Crippen molar-refractivity contribution in [1.29, 1.82) is 0 Å². The lowest BCUT2D eigenvalue weighted by Crippen LogP contribution is -2.31. The second-order valence-electron chi connectivity index (χ2n) is 3.93. The molecule has 0 aliphatic carbocycles. The average molecular weight is 221 g/mol. The predicted octanol–water partition coefficient (Wildman–Crippen LogP) is 2.48. The summed E-state index contributed by atoms with van der Waals surface area (Å²) in [5.74, 6) is -5.59. The second-order valence-corrected chi connectivity index (χ2v) is 3.93. The van der Waals surface area contributed by atoms with Crippen LogP contribution in [0.3, 0.4) is 0 Å². The lowest BCUT2D eigenvalue weighted by atomic mass is 9.84. The first-order chi connectivity index (χ1) is 6.81. The van der Waals surface area contributed by atoms with Crippen LogP contribution in [-0.2, 0) is 5.41 Å². The highest BCUT2D eigenvalue weighted by Crippen LogP contribution is 2.30. The normalized spacial score (nSPS) is 11.9. The van der Waals surface area contributed by atoms with Crippen molar-refractivity contribution in [2.75, 3.05) is 6.54 Å². The Balaban J connectivity index is 3.53. The SMILES string of the molecule is CC(C)(CN)c1c(F)c(F)cc(F)c1F. The van der Waals surface area contributed by atoms with E-state index in [1.165, 1.54) is 13.8 Å². The number of hydrogen-bond donors (Lipinski definition) is 1. The average Bonchev–Trinajstić information content (AvgIpc) is 2.15. The van der Waals surface area contributed by atoms with Gasteiger partial charge in [-0.25, -0.2) is 17.6 Å². The summed E-state index contributed by atoms with van der Waals surface area (Å²) < 4.78 is 52.3. The van der Waals surface area contributed by atoms with Gasteiger partial charge in [-0.15, -0.1) is 0 Å². The Morgan fingerprint density at radius 3 is 1.80 bits per heavy atom. The molecule has 1 aromatic carbocycles. The third-order valence-electron chi connectivity index (χ3n) is 2.30. The number of halogens is 4. The topological polar surface area (TPSA) is 26.0 Å². The highest BCUT2D eigenvalue weighted by molar-refractivity contribution is 5.29. The Labute approximate surface area is 84.9 Å². The highest BCUT2D eigenvalue weighted by Gasteiger charge is 2.30. The van der Waals surface area contributed by atoms with Gasteiger partial charge >= 0.3 is 0 Å². The molecule has 1 aromatic rings. The Bertz CT molecular complexity index is 361. The first-order valence-corrected chi connectivity index (χ1v) is 4.35. The van der Waals surface area contributed by atoms with Gasteiger partial charge in [0.2, 0.25) is 0 Å². The molecular formula is C10H11F4N. The van der Waals surface area contributed by atoms with Crippen LogP contribution in [0.1, 0.15) is 19.4 Å². The van der Waals surface area contributed by atoms with Gasteiger partial charge < -0.3 is 5.73 Å². The molecule has 0 saturated carbocycles. The first kappa shape index (κ1) is 12.0. The van der Waals surface area contributed by atoms with Crippen LogP contribution < -0.4 is 5.73 Å². The van der Waals surface area contributed by atoms with E-state index in [-0.39, 0.29) is 12.6 Å². The van der Waals surface area contributed by atoms with Crippen LogP contribution in [0.25, 0.3) is 0 Å². The number of nitrogens with two attached hydrogens (primary N) is 1. The Hall–Kier alpha value is -1.10. The van der Waals surface area contributed by atoms with E-state index in [1.807, 2.05) is 0 Å². The van der Waals surface area contributed by atoms with E-state index in [1.54, 1.807) is 0 Å². The molecule has 0 spiro atoms. The summed E-state index contributed by atoms with van der Waals surface area (Å²) >= 11 is 0. The van der Waals surface area contributed by atoms with Crippen molar-refractivity contribution in [3.8, 4) is 0 Å². The molecular weight excluding hydrogens is 210 g/mol. The molecule has 1 nitrogen and oxygen atoms in total. The molecule has 0 aromatic heterocycles. The van der Waals surface area contributed by atoms with Crippen molar-refractivity contribution in [2.45, 2.75) is 19.3 Å². The van der Waals surface area contributed by atoms with Crippen LogP contribution in [0, 0.1) is 23.3 Å². The maximum absolute atomic E-state index is 13.3. The molecule has 0 radical (unpaired) electrons. The van der Waals surface area contributed by atoms with E-state index in [9.17, 15) is 17.6 Å². The highest BCUT2D eigenvalue weighted by atomic mass is 19.2. The minimum Gasteiger partial charge on any atom is -0.330 e. The molecule has 0 amide bonds. The van der Waals surface area contributed by atoms with E-state index in [4.69, 9.17) is 5.73 Å². The number of hydrogen-bond acceptors (Lipinski definition) is 1. The van der Waals surface area contributed by atoms with Gasteiger partial charge in [0.1, 0.15) is 0 Å². The van der Waals surface area contributed by atoms with Crippen LogP contribution in [-0.4, -0.2) is 6.54 Å². The summed E-state index contributed by atoms with van der Waals surface area (Å²) in [6.07, 6.45) is 0. The third-order valence-corrected chi connectivity index (χ3v) is 2.30. The van der Waals surface area contributed by atoms with Gasteiger partial charge in [-0.2, -0.15) is 0 Å². The summed E-state index contributed by atoms with van der Waals surface area (Å²) in [7, 11) is 0. The van der Waals surface area contributed by atoms with Gasteiger partial charge in [-0.3, -0.25) is 0 Å². The molecule has 0 aliphatic rings. The Kier molecular flexibility index (Phi) is 3.04. The zero-order chi connectivity index (χ0) is 11.8. The smallest absolute Gasteiger partial charge is 0.165 e. The van der Waals surface area contributed by atoms with E-state index in [0.717, 1.165) is 0 Å². The van der Waals surface area contributed by atoms with Gasteiger partial charge in [-0.1, -0.05) is 13.8 Å². The largest absolute Gasteiger partial charge is 0.330 e. The van der Waals surface area contributed by atoms with Crippen LogP contribution in [0.4, 0.5) is 17.6 Å². The van der Waals surface area contributed by atoms with Gasteiger partial charge in [0.25, 0.3) is 0 Å². The van der Waals surface area contributed by atoms with Crippen molar-refractivity contribution < 1.29 is 17.6 Å². The summed E-state index contributed by atoms with van der Waals surface area (Å²) in [6.45, 7) is 2.70. The van der Waals surface area contributed by atoms with Crippen molar-refractivity contribution >= 4 is 0 Å². The van der Waals surface area contributed by atoms with Gasteiger partial charge in [-0.05, 0) is 0 Å². The van der Waals surface area contributed by atoms with Gasteiger partial charge in [0, 0.05) is 23.6 Å². The maximum Gasteiger partial charge on any atom is 0.165 e. The summed E-state index contributed by atoms with van der Waals surface area (Å²) in [4.78, 5) is 0. The summed E-state index contributed by atoms with van der Waals surface area (Å²) in [5.41, 5.74) is 3.49. The Morgan fingerprint density at radius 1 is 1.07 bits per heavy atom. The zero-order valence-corrected chi connectivity index (χ0v) is 8.37. The van der Waals surface area contributed by atoms with Crippen molar-refractivity contribution in [3.63, 3.8) is 0 Å². The molecule has 0 fully saturated rings. The van der Waals surface area contributed by atoms with Crippen LogP contribution in [0.2, 0.25) is 0 Å². The predicted molar refractivity (Wildman–Crippen MR) is 48.4 cm³/mol. The molecule has 0 bridgehead atoms. The summed E-state index contributed by atoms with van der Waals surface area (Å²) in [6, 6.07) is 0.181. The van der Waals surface area contributed by atoms with Crippen molar-refractivity contribution in [1.82, 2.24) is 0 Å². The third kappa shape index (κ3) is 1.97. The molecule has 84 valence electrons. The molecule has 0 saturated heterocycles. The zero-order valence-electron chi connectivity index (χ0n) is 8.37.